The highest BCUT2D eigenvalue weighted by Gasteiger charge is 2.17. The van der Waals surface area contributed by atoms with Gasteiger partial charge in [-0.05, 0) is 13.0 Å². The average Bonchev–Trinajstić information content (AvgIpc) is 3.08. The summed E-state index contributed by atoms with van der Waals surface area (Å²) >= 11 is 1.40. The third-order valence-electron chi connectivity index (χ3n) is 3.41. The molecule has 0 radical (unpaired) electrons. The van der Waals surface area contributed by atoms with Crippen molar-refractivity contribution in [3.63, 3.8) is 0 Å². The Morgan fingerprint density at radius 2 is 2.27 bits per heavy atom. The second kappa shape index (κ2) is 6.19. The Labute approximate surface area is 132 Å². The molecule has 1 aromatic carbocycles. The number of hydrogen-bond acceptors (Lipinski definition) is 4. The summed E-state index contributed by atoms with van der Waals surface area (Å²) in [5.74, 6) is 0.423. The number of carbonyl (C=O) groups excluding carboxylic acids is 1. The minimum atomic E-state index is 0.0908. The lowest BCUT2D eigenvalue weighted by molar-refractivity contribution is 0.102. The molecule has 22 heavy (non-hydrogen) atoms. The van der Waals surface area contributed by atoms with E-state index in [1.807, 2.05) is 35.8 Å². The van der Waals surface area contributed by atoms with E-state index in [-0.39, 0.29) is 5.78 Å². The molecule has 0 aliphatic rings. The zero-order valence-electron chi connectivity index (χ0n) is 12.2. The summed E-state index contributed by atoms with van der Waals surface area (Å²) in [5, 5.41) is 9.61. The van der Waals surface area contributed by atoms with Gasteiger partial charge in [-0.15, -0.1) is 16.8 Å². The number of nitrogens with one attached hydrogen (secondary N) is 1. The molecular weight excluding hydrogens is 296 g/mol. The van der Waals surface area contributed by atoms with Gasteiger partial charge in [-0.1, -0.05) is 36.0 Å². The fourth-order valence-electron chi connectivity index (χ4n) is 2.46. The summed E-state index contributed by atoms with van der Waals surface area (Å²) < 4.78 is 1.87. The van der Waals surface area contributed by atoms with E-state index < -0.39 is 0 Å². The number of thioether (sulfide) groups is 1. The van der Waals surface area contributed by atoms with E-state index in [1.54, 1.807) is 12.4 Å². The van der Waals surface area contributed by atoms with E-state index in [0.717, 1.165) is 27.3 Å². The van der Waals surface area contributed by atoms with Gasteiger partial charge >= 0.3 is 0 Å². The van der Waals surface area contributed by atoms with Gasteiger partial charge in [-0.25, -0.2) is 0 Å². The van der Waals surface area contributed by atoms with Gasteiger partial charge in [0.2, 0.25) is 0 Å². The van der Waals surface area contributed by atoms with Crippen molar-refractivity contribution in [2.24, 2.45) is 0 Å². The molecule has 0 aliphatic carbocycles. The van der Waals surface area contributed by atoms with Gasteiger partial charge in [0, 0.05) is 28.7 Å². The lowest BCUT2D eigenvalue weighted by Gasteiger charge is -2.03. The third kappa shape index (κ3) is 2.69. The molecule has 0 saturated heterocycles. The van der Waals surface area contributed by atoms with Gasteiger partial charge in [0.25, 0.3) is 0 Å². The Hall–Kier alpha value is -2.34. The number of benzene rings is 1. The van der Waals surface area contributed by atoms with Crippen molar-refractivity contribution in [1.82, 2.24) is 19.7 Å². The summed E-state index contributed by atoms with van der Waals surface area (Å²) in [6.45, 7) is 6.26. The van der Waals surface area contributed by atoms with Crippen LogP contribution in [0.25, 0.3) is 10.9 Å². The van der Waals surface area contributed by atoms with E-state index in [1.165, 1.54) is 11.8 Å². The summed E-state index contributed by atoms with van der Waals surface area (Å²) in [6, 6.07) is 7.85. The number of ketones is 1. The standard InChI is InChI=1S/C16H16N4OS/c1-3-8-20-10-17-19-16(20)22-9-14(21)15-11(2)18-13-7-5-4-6-12(13)15/h3-7,10,18H,1,8-9H2,2H3. The summed E-state index contributed by atoms with van der Waals surface area (Å²) in [7, 11) is 0. The third-order valence-corrected chi connectivity index (χ3v) is 4.39. The van der Waals surface area contributed by atoms with Crippen LogP contribution < -0.4 is 0 Å². The minimum Gasteiger partial charge on any atom is -0.358 e. The Morgan fingerprint density at radius 1 is 1.45 bits per heavy atom. The maximum atomic E-state index is 12.6. The number of hydrogen-bond donors (Lipinski definition) is 1. The molecule has 0 fully saturated rings. The number of para-hydroxylation sites is 1. The molecule has 0 spiro atoms. The lowest BCUT2D eigenvalue weighted by atomic mass is 10.1. The fraction of sp³-hybridized carbons (Fsp3) is 0.188. The molecule has 2 heterocycles. The first-order valence-corrected chi connectivity index (χ1v) is 7.91. The molecule has 3 aromatic rings. The number of rotatable bonds is 6. The minimum absolute atomic E-state index is 0.0908. The summed E-state index contributed by atoms with van der Waals surface area (Å²) in [5.41, 5.74) is 2.65. The van der Waals surface area contributed by atoms with Crippen LogP contribution in [-0.2, 0) is 6.54 Å². The predicted octanol–water partition coefficient (Wildman–Crippen LogP) is 3.23. The average molecular weight is 312 g/mol. The highest BCUT2D eigenvalue weighted by atomic mass is 32.2. The van der Waals surface area contributed by atoms with Crippen LogP contribution in [0.1, 0.15) is 16.1 Å². The topological polar surface area (TPSA) is 63.6 Å². The SMILES string of the molecule is C=CCn1cnnc1SCC(=O)c1c(C)[nH]c2ccccc12. The summed E-state index contributed by atoms with van der Waals surface area (Å²) in [4.78, 5) is 15.8. The smallest absolute Gasteiger partial charge is 0.191 e. The molecule has 112 valence electrons. The van der Waals surface area contributed by atoms with Crippen LogP contribution in [0, 0.1) is 6.92 Å². The molecule has 0 amide bonds. The molecule has 3 rings (SSSR count). The predicted molar refractivity (Wildman–Crippen MR) is 88.3 cm³/mol. The Bertz CT molecular complexity index is 834. The molecule has 0 bridgehead atoms. The normalized spacial score (nSPS) is 11.0. The van der Waals surface area contributed by atoms with E-state index in [4.69, 9.17) is 0 Å². The van der Waals surface area contributed by atoms with Crippen molar-refractivity contribution in [1.29, 1.82) is 0 Å². The number of aromatic amines is 1. The molecule has 0 saturated carbocycles. The van der Waals surface area contributed by atoms with Crippen LogP contribution in [0.15, 0.2) is 48.4 Å². The van der Waals surface area contributed by atoms with Crippen molar-refractivity contribution in [3.8, 4) is 0 Å². The van der Waals surface area contributed by atoms with Crippen molar-refractivity contribution in [2.45, 2.75) is 18.6 Å². The summed E-state index contributed by atoms with van der Waals surface area (Å²) in [6.07, 6.45) is 3.42. The number of aromatic nitrogens is 4. The number of fused-ring (bicyclic) bond motifs is 1. The van der Waals surface area contributed by atoms with Gasteiger partial charge in [-0.3, -0.25) is 4.79 Å². The number of carbonyl (C=O) groups is 1. The fourth-order valence-corrected chi connectivity index (χ4v) is 3.26. The van der Waals surface area contributed by atoms with Crippen LogP contribution in [0.5, 0.6) is 0 Å². The number of Topliss-reactive ketones (excluding diaryl/α,β-unsaturated/α-hetero) is 1. The number of H-pyrrole nitrogens is 1. The Balaban J connectivity index is 1.80. The van der Waals surface area contributed by atoms with Gasteiger partial charge < -0.3 is 9.55 Å². The molecule has 1 N–H and O–H groups in total. The van der Waals surface area contributed by atoms with Crippen LogP contribution in [0.3, 0.4) is 0 Å². The maximum Gasteiger partial charge on any atom is 0.191 e. The number of aryl methyl sites for hydroxylation is 1. The molecule has 0 aliphatic heterocycles. The van der Waals surface area contributed by atoms with Crippen molar-refractivity contribution >= 4 is 28.4 Å². The van der Waals surface area contributed by atoms with E-state index in [9.17, 15) is 4.79 Å². The van der Waals surface area contributed by atoms with Crippen LogP contribution in [0.4, 0.5) is 0 Å². The van der Waals surface area contributed by atoms with Gasteiger partial charge in [0.1, 0.15) is 6.33 Å². The highest BCUT2D eigenvalue weighted by Crippen LogP contribution is 2.25. The highest BCUT2D eigenvalue weighted by molar-refractivity contribution is 7.99. The first kappa shape index (κ1) is 14.6. The lowest BCUT2D eigenvalue weighted by Crippen LogP contribution is -2.05. The second-order valence-electron chi connectivity index (χ2n) is 4.94. The zero-order valence-corrected chi connectivity index (χ0v) is 13.1. The molecule has 2 aromatic heterocycles. The van der Waals surface area contributed by atoms with Crippen molar-refractivity contribution in [2.75, 3.05) is 5.75 Å². The first-order chi connectivity index (χ1) is 10.7. The van der Waals surface area contributed by atoms with Crippen molar-refractivity contribution < 1.29 is 4.79 Å². The monoisotopic (exact) mass is 312 g/mol. The van der Waals surface area contributed by atoms with E-state index in [2.05, 4.69) is 21.8 Å². The Morgan fingerprint density at radius 3 is 3.09 bits per heavy atom. The van der Waals surface area contributed by atoms with E-state index in [0.29, 0.717) is 12.3 Å². The van der Waals surface area contributed by atoms with Crippen molar-refractivity contribution in [3.05, 3.63) is 54.5 Å². The second-order valence-corrected chi connectivity index (χ2v) is 5.88. The molecular formula is C16H16N4OS. The quantitative estimate of drug-likeness (QED) is 0.431. The largest absolute Gasteiger partial charge is 0.358 e. The Kier molecular flexibility index (Phi) is 4.11. The zero-order chi connectivity index (χ0) is 15.5. The van der Waals surface area contributed by atoms with Gasteiger partial charge in [-0.2, -0.15) is 0 Å². The van der Waals surface area contributed by atoms with Gasteiger partial charge in [0.15, 0.2) is 10.9 Å². The van der Waals surface area contributed by atoms with Crippen LogP contribution >= 0.6 is 11.8 Å². The van der Waals surface area contributed by atoms with Gasteiger partial charge in [0.05, 0.1) is 5.75 Å². The maximum absolute atomic E-state index is 12.6. The number of nitrogens with zero attached hydrogens (tertiary/aromatic N) is 3. The molecule has 6 heteroatoms. The van der Waals surface area contributed by atoms with Crippen LogP contribution in [-0.4, -0.2) is 31.3 Å². The molecule has 5 nitrogen and oxygen atoms in total. The molecule has 0 atom stereocenters. The first-order valence-electron chi connectivity index (χ1n) is 6.92. The van der Waals surface area contributed by atoms with E-state index >= 15 is 0 Å². The molecule has 0 unspecified atom stereocenters. The van der Waals surface area contributed by atoms with Crippen LogP contribution in [0.2, 0.25) is 0 Å². The number of allylic oxidation sites excluding steroid dienone is 1.